The third kappa shape index (κ3) is 3.34. The minimum absolute atomic E-state index is 0.107. The Hall–Kier alpha value is -1.22. The van der Waals surface area contributed by atoms with Crippen LogP contribution in [-0.2, 0) is 4.74 Å². The van der Waals surface area contributed by atoms with Crippen LogP contribution in [0.5, 0.6) is 0 Å². The summed E-state index contributed by atoms with van der Waals surface area (Å²) in [5.74, 6) is 0.107. The number of nitrogens with zero attached hydrogens (tertiary/aromatic N) is 1. The zero-order valence-corrected chi connectivity index (χ0v) is 7.69. The first-order valence-electron chi connectivity index (χ1n) is 4.35. The van der Waals surface area contributed by atoms with E-state index < -0.39 is 0 Å². The summed E-state index contributed by atoms with van der Waals surface area (Å²) in [5, 5.41) is 0. The summed E-state index contributed by atoms with van der Waals surface area (Å²) in [7, 11) is 0. The normalized spacial score (nSPS) is 9.92. The van der Waals surface area contributed by atoms with E-state index in [4.69, 9.17) is 4.74 Å². The topological polar surface area (TPSA) is 39.2 Å². The molecule has 13 heavy (non-hydrogen) atoms. The number of hydrogen-bond acceptors (Lipinski definition) is 3. The summed E-state index contributed by atoms with van der Waals surface area (Å²) in [5.41, 5.74) is 0.703. The average molecular weight is 179 g/mol. The molecule has 0 saturated carbocycles. The van der Waals surface area contributed by atoms with E-state index in [1.807, 2.05) is 6.92 Å². The molecular weight excluding hydrogens is 166 g/mol. The highest BCUT2D eigenvalue weighted by molar-refractivity contribution is 5.95. The SMILES string of the molecule is CCOCCC(=O)c1ccncc1. The summed E-state index contributed by atoms with van der Waals surface area (Å²) in [4.78, 5) is 15.3. The van der Waals surface area contributed by atoms with E-state index in [0.717, 1.165) is 0 Å². The second-order valence-corrected chi connectivity index (χ2v) is 2.61. The molecule has 0 aliphatic carbocycles. The van der Waals surface area contributed by atoms with E-state index in [1.165, 1.54) is 0 Å². The standard InChI is InChI=1S/C10H13NO2/c1-2-13-8-5-10(12)9-3-6-11-7-4-9/h3-4,6-7H,2,5,8H2,1H3. The quantitative estimate of drug-likeness (QED) is 0.510. The predicted octanol–water partition coefficient (Wildman–Crippen LogP) is 1.69. The number of pyridine rings is 1. The van der Waals surface area contributed by atoms with Gasteiger partial charge in [0.25, 0.3) is 0 Å². The molecule has 0 amide bonds. The van der Waals surface area contributed by atoms with Gasteiger partial charge in [-0.25, -0.2) is 0 Å². The third-order valence-corrected chi connectivity index (χ3v) is 1.68. The van der Waals surface area contributed by atoms with Gasteiger partial charge in [0, 0.05) is 31.0 Å². The first kappa shape index (κ1) is 9.86. The van der Waals surface area contributed by atoms with Crippen LogP contribution in [-0.4, -0.2) is 24.0 Å². The maximum Gasteiger partial charge on any atom is 0.165 e. The van der Waals surface area contributed by atoms with Crippen molar-refractivity contribution in [2.75, 3.05) is 13.2 Å². The van der Waals surface area contributed by atoms with Crippen molar-refractivity contribution >= 4 is 5.78 Å². The number of Topliss-reactive ketones (excluding diaryl/α,β-unsaturated/α-hetero) is 1. The number of carbonyl (C=O) groups excluding carboxylic acids is 1. The molecule has 0 aromatic carbocycles. The molecule has 0 saturated heterocycles. The monoisotopic (exact) mass is 179 g/mol. The molecular formula is C10H13NO2. The summed E-state index contributed by atoms with van der Waals surface area (Å²) in [6.45, 7) is 3.07. The van der Waals surface area contributed by atoms with Gasteiger partial charge in [-0.3, -0.25) is 9.78 Å². The Morgan fingerprint density at radius 1 is 1.46 bits per heavy atom. The highest BCUT2D eigenvalue weighted by Crippen LogP contribution is 2.01. The fraction of sp³-hybridized carbons (Fsp3) is 0.400. The van der Waals surface area contributed by atoms with Crippen LogP contribution in [0.3, 0.4) is 0 Å². The number of rotatable bonds is 5. The fourth-order valence-electron chi connectivity index (χ4n) is 0.991. The van der Waals surface area contributed by atoms with E-state index in [2.05, 4.69) is 4.98 Å². The summed E-state index contributed by atoms with van der Waals surface area (Å²) in [6.07, 6.45) is 3.68. The Labute approximate surface area is 77.8 Å². The van der Waals surface area contributed by atoms with Gasteiger partial charge in [0.05, 0.1) is 6.61 Å². The van der Waals surface area contributed by atoms with Crippen molar-refractivity contribution in [1.82, 2.24) is 4.98 Å². The minimum Gasteiger partial charge on any atom is -0.381 e. The average Bonchev–Trinajstić information content (AvgIpc) is 2.19. The van der Waals surface area contributed by atoms with Gasteiger partial charge < -0.3 is 4.74 Å². The Kier molecular flexibility index (Phi) is 4.12. The number of ether oxygens (including phenoxy) is 1. The summed E-state index contributed by atoms with van der Waals surface area (Å²) >= 11 is 0. The number of carbonyl (C=O) groups is 1. The smallest absolute Gasteiger partial charge is 0.165 e. The van der Waals surface area contributed by atoms with Crippen molar-refractivity contribution in [3.8, 4) is 0 Å². The Morgan fingerprint density at radius 3 is 2.77 bits per heavy atom. The van der Waals surface area contributed by atoms with Gasteiger partial charge in [0.1, 0.15) is 0 Å². The van der Waals surface area contributed by atoms with Crippen LogP contribution in [0.4, 0.5) is 0 Å². The van der Waals surface area contributed by atoms with Crippen molar-refractivity contribution in [3.05, 3.63) is 30.1 Å². The van der Waals surface area contributed by atoms with E-state index in [1.54, 1.807) is 24.5 Å². The lowest BCUT2D eigenvalue weighted by Crippen LogP contribution is -2.04. The molecule has 0 spiro atoms. The molecule has 3 nitrogen and oxygen atoms in total. The molecule has 0 fully saturated rings. The van der Waals surface area contributed by atoms with Crippen LogP contribution in [0.2, 0.25) is 0 Å². The lowest BCUT2D eigenvalue weighted by atomic mass is 10.1. The number of ketones is 1. The second-order valence-electron chi connectivity index (χ2n) is 2.61. The number of aromatic nitrogens is 1. The van der Waals surface area contributed by atoms with Crippen LogP contribution in [0.15, 0.2) is 24.5 Å². The van der Waals surface area contributed by atoms with Crippen molar-refractivity contribution < 1.29 is 9.53 Å². The molecule has 0 unspecified atom stereocenters. The summed E-state index contributed by atoms with van der Waals surface area (Å²) < 4.78 is 5.09. The molecule has 1 aromatic rings. The van der Waals surface area contributed by atoms with Crippen LogP contribution in [0.1, 0.15) is 23.7 Å². The number of hydrogen-bond donors (Lipinski definition) is 0. The Balaban J connectivity index is 2.40. The van der Waals surface area contributed by atoms with E-state index >= 15 is 0 Å². The molecule has 0 N–H and O–H groups in total. The molecule has 0 aliphatic rings. The maximum atomic E-state index is 11.4. The summed E-state index contributed by atoms with van der Waals surface area (Å²) in [6, 6.07) is 3.43. The zero-order valence-electron chi connectivity index (χ0n) is 7.69. The second kappa shape index (κ2) is 5.43. The lowest BCUT2D eigenvalue weighted by molar-refractivity contribution is 0.0895. The van der Waals surface area contributed by atoms with Crippen LogP contribution >= 0.6 is 0 Å². The molecule has 0 bridgehead atoms. The van der Waals surface area contributed by atoms with Gasteiger partial charge in [-0.1, -0.05) is 0 Å². The van der Waals surface area contributed by atoms with Gasteiger partial charge in [0.2, 0.25) is 0 Å². The van der Waals surface area contributed by atoms with E-state index in [9.17, 15) is 4.79 Å². The molecule has 70 valence electrons. The maximum absolute atomic E-state index is 11.4. The highest BCUT2D eigenvalue weighted by atomic mass is 16.5. The Morgan fingerprint density at radius 2 is 2.15 bits per heavy atom. The molecule has 1 rings (SSSR count). The molecule has 1 heterocycles. The van der Waals surface area contributed by atoms with Crippen molar-refractivity contribution in [2.45, 2.75) is 13.3 Å². The molecule has 1 aromatic heterocycles. The van der Waals surface area contributed by atoms with Gasteiger partial charge in [-0.15, -0.1) is 0 Å². The fourth-order valence-corrected chi connectivity index (χ4v) is 0.991. The molecule has 0 radical (unpaired) electrons. The predicted molar refractivity (Wildman–Crippen MR) is 49.7 cm³/mol. The van der Waals surface area contributed by atoms with Crippen molar-refractivity contribution in [2.24, 2.45) is 0 Å². The van der Waals surface area contributed by atoms with Gasteiger partial charge in [-0.2, -0.15) is 0 Å². The highest BCUT2D eigenvalue weighted by Gasteiger charge is 2.03. The zero-order chi connectivity index (χ0) is 9.52. The van der Waals surface area contributed by atoms with Gasteiger partial charge >= 0.3 is 0 Å². The largest absolute Gasteiger partial charge is 0.381 e. The first-order chi connectivity index (χ1) is 6.34. The van der Waals surface area contributed by atoms with Gasteiger partial charge in [0.15, 0.2) is 5.78 Å². The van der Waals surface area contributed by atoms with Crippen molar-refractivity contribution in [3.63, 3.8) is 0 Å². The molecule has 0 atom stereocenters. The molecule has 0 aliphatic heterocycles. The van der Waals surface area contributed by atoms with Crippen molar-refractivity contribution in [1.29, 1.82) is 0 Å². The molecule has 3 heteroatoms. The van der Waals surface area contributed by atoms with Crippen LogP contribution in [0, 0.1) is 0 Å². The van der Waals surface area contributed by atoms with Crippen LogP contribution < -0.4 is 0 Å². The van der Waals surface area contributed by atoms with E-state index in [-0.39, 0.29) is 5.78 Å². The minimum atomic E-state index is 0.107. The van der Waals surface area contributed by atoms with Crippen LogP contribution in [0.25, 0.3) is 0 Å². The lowest BCUT2D eigenvalue weighted by Gasteiger charge is -2.00. The Bertz CT molecular complexity index is 259. The third-order valence-electron chi connectivity index (χ3n) is 1.68. The van der Waals surface area contributed by atoms with Gasteiger partial charge in [-0.05, 0) is 19.1 Å². The van der Waals surface area contributed by atoms with E-state index in [0.29, 0.717) is 25.2 Å². The first-order valence-corrected chi connectivity index (χ1v) is 4.35.